The molecule has 3 saturated carbocycles. The second-order valence-corrected chi connectivity index (χ2v) is 6.59. The number of hydrogen-bond donors (Lipinski definition) is 1. The number of nitrogens with zero attached hydrogens (tertiary/aromatic N) is 2. The van der Waals surface area contributed by atoms with Crippen LogP contribution in [0.2, 0.25) is 0 Å². The topological polar surface area (TPSA) is 50.8 Å². The van der Waals surface area contributed by atoms with Gasteiger partial charge in [-0.2, -0.15) is 4.98 Å². The van der Waals surface area contributed by atoms with E-state index in [1.807, 2.05) is 19.1 Å². The molecular formula is C16H19N3O. The SMILES string of the molecule is CCOc1ccc2[nH]c(C3C4C5CCC(C5)C34)nc2n1. The van der Waals surface area contributed by atoms with E-state index in [0.29, 0.717) is 18.4 Å². The van der Waals surface area contributed by atoms with Crippen LogP contribution in [0, 0.1) is 23.7 Å². The van der Waals surface area contributed by atoms with E-state index in [-0.39, 0.29) is 0 Å². The van der Waals surface area contributed by atoms with Crippen molar-refractivity contribution in [2.45, 2.75) is 32.1 Å². The zero-order valence-electron chi connectivity index (χ0n) is 11.7. The molecule has 3 aliphatic carbocycles. The van der Waals surface area contributed by atoms with Gasteiger partial charge in [-0.15, -0.1) is 0 Å². The summed E-state index contributed by atoms with van der Waals surface area (Å²) in [5, 5.41) is 0. The Morgan fingerprint density at radius 3 is 2.75 bits per heavy atom. The highest BCUT2D eigenvalue weighted by atomic mass is 16.5. The molecule has 2 bridgehead atoms. The van der Waals surface area contributed by atoms with Crippen LogP contribution >= 0.6 is 0 Å². The third kappa shape index (κ3) is 1.37. The van der Waals surface area contributed by atoms with Gasteiger partial charge in [0.25, 0.3) is 0 Å². The van der Waals surface area contributed by atoms with Crippen LogP contribution in [0.15, 0.2) is 12.1 Å². The summed E-state index contributed by atoms with van der Waals surface area (Å²) in [5.41, 5.74) is 1.85. The lowest BCUT2D eigenvalue weighted by atomic mass is 10.0. The Morgan fingerprint density at radius 2 is 2.00 bits per heavy atom. The van der Waals surface area contributed by atoms with E-state index < -0.39 is 0 Å². The van der Waals surface area contributed by atoms with Gasteiger partial charge in [0.1, 0.15) is 5.82 Å². The second kappa shape index (κ2) is 3.74. The largest absolute Gasteiger partial charge is 0.478 e. The van der Waals surface area contributed by atoms with Crippen LogP contribution in [-0.4, -0.2) is 21.6 Å². The average molecular weight is 269 g/mol. The molecule has 2 aromatic rings. The van der Waals surface area contributed by atoms with E-state index in [4.69, 9.17) is 9.72 Å². The molecule has 4 unspecified atom stereocenters. The van der Waals surface area contributed by atoms with Crippen LogP contribution in [0.5, 0.6) is 5.88 Å². The summed E-state index contributed by atoms with van der Waals surface area (Å²) in [6.45, 7) is 2.62. The quantitative estimate of drug-likeness (QED) is 0.931. The van der Waals surface area contributed by atoms with Gasteiger partial charge in [0.05, 0.1) is 12.1 Å². The fourth-order valence-corrected chi connectivity index (χ4v) is 4.97. The van der Waals surface area contributed by atoms with Crippen LogP contribution in [0.4, 0.5) is 0 Å². The lowest BCUT2D eigenvalue weighted by Gasteiger charge is -2.05. The van der Waals surface area contributed by atoms with Gasteiger partial charge in [-0.25, -0.2) is 4.98 Å². The molecule has 20 heavy (non-hydrogen) atoms. The van der Waals surface area contributed by atoms with E-state index in [1.54, 1.807) is 0 Å². The van der Waals surface area contributed by atoms with Gasteiger partial charge in [0, 0.05) is 12.0 Å². The van der Waals surface area contributed by atoms with Crippen molar-refractivity contribution < 1.29 is 4.74 Å². The van der Waals surface area contributed by atoms with Gasteiger partial charge < -0.3 is 9.72 Å². The number of fused-ring (bicyclic) bond motifs is 6. The Bertz CT molecular complexity index is 663. The number of nitrogens with one attached hydrogen (secondary N) is 1. The molecule has 0 radical (unpaired) electrons. The molecule has 104 valence electrons. The van der Waals surface area contributed by atoms with Crippen molar-refractivity contribution in [2.75, 3.05) is 6.61 Å². The monoisotopic (exact) mass is 269 g/mol. The van der Waals surface area contributed by atoms with Gasteiger partial charge in [-0.1, -0.05) is 0 Å². The second-order valence-electron chi connectivity index (χ2n) is 6.59. The molecule has 3 aliphatic rings. The zero-order valence-corrected chi connectivity index (χ0v) is 11.7. The summed E-state index contributed by atoms with van der Waals surface area (Å²) in [4.78, 5) is 12.7. The molecule has 0 spiro atoms. The fourth-order valence-electron chi connectivity index (χ4n) is 4.97. The molecule has 3 fully saturated rings. The molecule has 2 heterocycles. The third-order valence-corrected chi connectivity index (χ3v) is 5.68. The number of hydrogen-bond acceptors (Lipinski definition) is 3. The lowest BCUT2D eigenvalue weighted by Crippen LogP contribution is -1.98. The number of rotatable bonds is 3. The van der Waals surface area contributed by atoms with Crippen molar-refractivity contribution in [3.63, 3.8) is 0 Å². The molecule has 0 aromatic carbocycles. The average Bonchev–Trinajstić information content (AvgIpc) is 2.81. The smallest absolute Gasteiger partial charge is 0.215 e. The Hall–Kier alpha value is -1.58. The first-order valence-corrected chi connectivity index (χ1v) is 7.84. The Morgan fingerprint density at radius 1 is 1.20 bits per heavy atom. The van der Waals surface area contributed by atoms with E-state index in [1.165, 1.54) is 25.1 Å². The maximum atomic E-state index is 5.45. The maximum Gasteiger partial charge on any atom is 0.215 e. The van der Waals surface area contributed by atoms with E-state index in [9.17, 15) is 0 Å². The highest BCUT2D eigenvalue weighted by Crippen LogP contribution is 2.72. The number of aromatic amines is 1. The summed E-state index contributed by atoms with van der Waals surface area (Å²) in [7, 11) is 0. The highest BCUT2D eigenvalue weighted by Gasteiger charge is 2.66. The highest BCUT2D eigenvalue weighted by molar-refractivity contribution is 5.71. The minimum absolute atomic E-state index is 0.645. The normalized spacial score (nSPS) is 37.4. The van der Waals surface area contributed by atoms with Crippen molar-refractivity contribution in [3.8, 4) is 5.88 Å². The molecule has 0 aliphatic heterocycles. The van der Waals surface area contributed by atoms with Crippen LogP contribution in [-0.2, 0) is 0 Å². The molecule has 4 nitrogen and oxygen atoms in total. The van der Waals surface area contributed by atoms with Crippen molar-refractivity contribution in [1.82, 2.24) is 15.0 Å². The first kappa shape index (κ1) is 11.1. The summed E-state index contributed by atoms with van der Waals surface area (Å²) < 4.78 is 5.45. The predicted molar refractivity (Wildman–Crippen MR) is 75.6 cm³/mol. The van der Waals surface area contributed by atoms with Crippen LogP contribution in [0.1, 0.15) is 37.9 Å². The van der Waals surface area contributed by atoms with Crippen LogP contribution < -0.4 is 4.74 Å². The standard InChI is InChI=1S/C16H19N3O/c1-2-20-11-6-5-10-15(18-11)19-16(17-10)14-12-8-3-4-9(7-8)13(12)14/h5-6,8-9,12-14H,2-4,7H2,1H3,(H,17,18,19). The van der Waals surface area contributed by atoms with Gasteiger partial charge >= 0.3 is 0 Å². The Kier molecular flexibility index (Phi) is 2.08. The minimum atomic E-state index is 0.645. The first-order valence-electron chi connectivity index (χ1n) is 7.84. The number of ether oxygens (including phenoxy) is 1. The van der Waals surface area contributed by atoms with Crippen molar-refractivity contribution in [3.05, 3.63) is 18.0 Å². The minimum Gasteiger partial charge on any atom is -0.478 e. The van der Waals surface area contributed by atoms with Gasteiger partial charge in [0.2, 0.25) is 5.88 Å². The molecule has 1 N–H and O–H groups in total. The van der Waals surface area contributed by atoms with Gasteiger partial charge in [-0.05, 0) is 55.9 Å². The molecule has 5 rings (SSSR count). The molecule has 4 heteroatoms. The number of pyridine rings is 1. The van der Waals surface area contributed by atoms with Crippen LogP contribution in [0.3, 0.4) is 0 Å². The van der Waals surface area contributed by atoms with E-state index in [0.717, 1.165) is 34.8 Å². The Labute approximate surface area is 118 Å². The van der Waals surface area contributed by atoms with Crippen molar-refractivity contribution in [1.29, 1.82) is 0 Å². The number of imidazole rings is 1. The zero-order chi connectivity index (χ0) is 13.3. The summed E-state index contributed by atoms with van der Waals surface area (Å²) >= 11 is 0. The van der Waals surface area contributed by atoms with Gasteiger partial charge in [-0.3, -0.25) is 0 Å². The van der Waals surface area contributed by atoms with Crippen molar-refractivity contribution >= 4 is 11.2 Å². The molecule has 4 atom stereocenters. The molecular weight excluding hydrogens is 250 g/mol. The molecule has 2 aromatic heterocycles. The molecule has 0 saturated heterocycles. The van der Waals surface area contributed by atoms with E-state index >= 15 is 0 Å². The fraction of sp³-hybridized carbons (Fsp3) is 0.625. The third-order valence-electron chi connectivity index (χ3n) is 5.68. The maximum absolute atomic E-state index is 5.45. The van der Waals surface area contributed by atoms with Gasteiger partial charge in [0.15, 0.2) is 5.65 Å². The van der Waals surface area contributed by atoms with E-state index in [2.05, 4.69) is 9.97 Å². The summed E-state index contributed by atoms with van der Waals surface area (Å²) in [6, 6.07) is 3.96. The lowest BCUT2D eigenvalue weighted by molar-refractivity contribution is 0.328. The molecule has 0 amide bonds. The first-order chi connectivity index (χ1) is 9.85. The Balaban J connectivity index is 1.49. The summed E-state index contributed by atoms with van der Waals surface area (Å²) in [6.07, 6.45) is 4.39. The van der Waals surface area contributed by atoms with Crippen LogP contribution in [0.25, 0.3) is 11.2 Å². The number of aromatic nitrogens is 3. The number of H-pyrrole nitrogens is 1. The summed E-state index contributed by atoms with van der Waals surface area (Å²) in [5.74, 6) is 6.33. The van der Waals surface area contributed by atoms with Crippen molar-refractivity contribution in [2.24, 2.45) is 23.7 Å². The predicted octanol–water partition coefficient (Wildman–Crippen LogP) is 3.12.